The molecule has 0 heterocycles. The molecule has 106 valence electrons. The Kier molecular flexibility index (Phi) is 4.13. The van der Waals surface area contributed by atoms with E-state index in [2.05, 4.69) is 0 Å². The number of carbonyl (C=O) groups is 3. The predicted molar refractivity (Wildman–Crippen MR) is 74.6 cm³/mol. The number of carboxylic acid groups (broad SMARTS) is 2. The predicted octanol–water partition coefficient (Wildman–Crippen LogP) is 2.24. The molecule has 0 aromatic heterocycles. The van der Waals surface area contributed by atoms with Crippen LogP contribution in [0.5, 0.6) is 0 Å². The van der Waals surface area contributed by atoms with Crippen LogP contribution in [-0.2, 0) is 11.2 Å². The first-order chi connectivity index (χ1) is 9.99. The van der Waals surface area contributed by atoms with Gasteiger partial charge in [-0.3, -0.25) is 9.59 Å². The third kappa shape index (κ3) is 3.33. The Morgan fingerprint density at radius 3 is 2.10 bits per heavy atom. The monoisotopic (exact) mass is 284 g/mol. The number of hydrogen-bond donors (Lipinski definition) is 2. The van der Waals surface area contributed by atoms with Crippen LogP contribution in [0.1, 0.15) is 31.8 Å². The van der Waals surface area contributed by atoms with Crippen molar-refractivity contribution < 1.29 is 24.6 Å². The van der Waals surface area contributed by atoms with E-state index in [0.717, 1.165) is 0 Å². The van der Waals surface area contributed by atoms with Crippen molar-refractivity contribution in [3.63, 3.8) is 0 Å². The number of carboxylic acids is 2. The zero-order valence-corrected chi connectivity index (χ0v) is 10.9. The van der Waals surface area contributed by atoms with E-state index in [4.69, 9.17) is 10.2 Å². The normalized spacial score (nSPS) is 10.1. The minimum absolute atomic E-state index is 0.0524. The van der Waals surface area contributed by atoms with Crippen LogP contribution in [0.25, 0.3) is 0 Å². The lowest BCUT2D eigenvalue weighted by Gasteiger charge is -2.08. The molecule has 0 aliphatic heterocycles. The summed E-state index contributed by atoms with van der Waals surface area (Å²) < 4.78 is 0. The quantitative estimate of drug-likeness (QED) is 0.821. The molecule has 0 aliphatic rings. The standard InChI is InChI=1S/C16H12O5/c17-14(18)9-11-6-7-12(16(20)21)8-13(11)15(19)10-4-2-1-3-5-10/h1-8H,9H2,(H,17,18)(H,20,21). The van der Waals surface area contributed by atoms with Crippen LogP contribution < -0.4 is 0 Å². The Morgan fingerprint density at radius 1 is 0.857 bits per heavy atom. The Labute approximate surface area is 120 Å². The number of rotatable bonds is 5. The highest BCUT2D eigenvalue weighted by atomic mass is 16.4. The molecule has 0 atom stereocenters. The van der Waals surface area contributed by atoms with Gasteiger partial charge in [0.2, 0.25) is 0 Å². The van der Waals surface area contributed by atoms with Gasteiger partial charge >= 0.3 is 11.9 Å². The Bertz CT molecular complexity index is 704. The number of hydrogen-bond acceptors (Lipinski definition) is 3. The van der Waals surface area contributed by atoms with E-state index >= 15 is 0 Å². The molecule has 0 spiro atoms. The van der Waals surface area contributed by atoms with Crippen LogP contribution in [0, 0.1) is 0 Å². The fourth-order valence-corrected chi connectivity index (χ4v) is 1.98. The molecule has 0 unspecified atom stereocenters. The van der Waals surface area contributed by atoms with Crippen LogP contribution >= 0.6 is 0 Å². The molecule has 21 heavy (non-hydrogen) atoms. The summed E-state index contributed by atoms with van der Waals surface area (Å²) in [7, 11) is 0. The number of aliphatic carboxylic acids is 1. The van der Waals surface area contributed by atoms with Gasteiger partial charge in [-0.2, -0.15) is 0 Å². The van der Waals surface area contributed by atoms with Gasteiger partial charge in [0.25, 0.3) is 0 Å². The average molecular weight is 284 g/mol. The van der Waals surface area contributed by atoms with Crippen molar-refractivity contribution in [2.24, 2.45) is 0 Å². The maximum absolute atomic E-state index is 12.4. The average Bonchev–Trinajstić information content (AvgIpc) is 2.47. The van der Waals surface area contributed by atoms with Gasteiger partial charge in [-0.05, 0) is 17.7 Å². The van der Waals surface area contributed by atoms with Gasteiger partial charge in [0.1, 0.15) is 0 Å². The summed E-state index contributed by atoms with van der Waals surface area (Å²) in [6.07, 6.45) is -0.339. The molecule has 2 aromatic carbocycles. The third-order valence-corrected chi connectivity index (χ3v) is 2.98. The Morgan fingerprint density at radius 2 is 1.52 bits per heavy atom. The second-order valence-corrected chi connectivity index (χ2v) is 4.44. The summed E-state index contributed by atoms with van der Waals surface area (Å²) in [5.74, 6) is -2.64. The van der Waals surface area contributed by atoms with Gasteiger partial charge in [0.15, 0.2) is 5.78 Å². The summed E-state index contributed by atoms with van der Waals surface area (Å²) in [6.45, 7) is 0. The van der Waals surface area contributed by atoms with E-state index in [1.54, 1.807) is 30.3 Å². The highest BCUT2D eigenvalue weighted by Crippen LogP contribution is 2.18. The molecule has 0 fully saturated rings. The fourth-order valence-electron chi connectivity index (χ4n) is 1.98. The first-order valence-corrected chi connectivity index (χ1v) is 6.17. The molecule has 0 saturated heterocycles. The van der Waals surface area contributed by atoms with Crippen molar-refractivity contribution in [2.45, 2.75) is 6.42 Å². The van der Waals surface area contributed by atoms with Gasteiger partial charge < -0.3 is 10.2 Å². The Balaban J connectivity index is 2.52. The van der Waals surface area contributed by atoms with Crippen molar-refractivity contribution in [1.29, 1.82) is 0 Å². The first kappa shape index (κ1) is 14.5. The highest BCUT2D eigenvalue weighted by molar-refractivity contribution is 6.11. The van der Waals surface area contributed by atoms with Crippen molar-refractivity contribution >= 4 is 17.7 Å². The third-order valence-electron chi connectivity index (χ3n) is 2.98. The maximum Gasteiger partial charge on any atom is 0.335 e. The lowest BCUT2D eigenvalue weighted by atomic mass is 9.94. The second-order valence-electron chi connectivity index (χ2n) is 4.44. The molecule has 0 aliphatic carbocycles. The summed E-state index contributed by atoms with van der Waals surface area (Å²) in [6, 6.07) is 12.2. The molecule has 0 radical (unpaired) electrons. The second kappa shape index (κ2) is 6.00. The summed E-state index contributed by atoms with van der Waals surface area (Å²) >= 11 is 0. The van der Waals surface area contributed by atoms with Gasteiger partial charge in [0, 0.05) is 11.1 Å². The van der Waals surface area contributed by atoms with Crippen LogP contribution in [-0.4, -0.2) is 27.9 Å². The SMILES string of the molecule is O=C(O)Cc1ccc(C(=O)O)cc1C(=O)c1ccccc1. The van der Waals surface area contributed by atoms with Gasteiger partial charge in [-0.15, -0.1) is 0 Å². The van der Waals surface area contributed by atoms with Gasteiger partial charge in [-0.25, -0.2) is 4.79 Å². The van der Waals surface area contributed by atoms with Gasteiger partial charge in [-0.1, -0.05) is 36.4 Å². The zero-order chi connectivity index (χ0) is 15.4. The Hall–Kier alpha value is -2.95. The van der Waals surface area contributed by atoms with Gasteiger partial charge in [0.05, 0.1) is 12.0 Å². The minimum Gasteiger partial charge on any atom is -0.481 e. The lowest BCUT2D eigenvalue weighted by molar-refractivity contribution is -0.136. The van der Waals surface area contributed by atoms with E-state index in [9.17, 15) is 14.4 Å². The minimum atomic E-state index is -1.17. The molecule has 0 saturated carbocycles. The van der Waals surface area contributed by atoms with Crippen LogP contribution in [0.15, 0.2) is 48.5 Å². The molecule has 2 aromatic rings. The molecule has 2 rings (SSSR count). The molecule has 5 heteroatoms. The highest BCUT2D eigenvalue weighted by Gasteiger charge is 2.17. The van der Waals surface area contributed by atoms with Crippen molar-refractivity contribution in [3.05, 3.63) is 70.8 Å². The van der Waals surface area contributed by atoms with E-state index in [0.29, 0.717) is 11.1 Å². The van der Waals surface area contributed by atoms with E-state index in [-0.39, 0.29) is 17.5 Å². The summed E-state index contributed by atoms with van der Waals surface area (Å²) in [4.78, 5) is 34.3. The smallest absolute Gasteiger partial charge is 0.335 e. The summed E-state index contributed by atoms with van der Waals surface area (Å²) in [5.41, 5.74) is 0.722. The molecule has 0 amide bonds. The molecular weight excluding hydrogens is 272 g/mol. The topological polar surface area (TPSA) is 91.7 Å². The molecule has 5 nitrogen and oxygen atoms in total. The number of carbonyl (C=O) groups excluding carboxylic acids is 1. The van der Waals surface area contributed by atoms with Crippen molar-refractivity contribution in [2.75, 3.05) is 0 Å². The fraction of sp³-hybridized carbons (Fsp3) is 0.0625. The van der Waals surface area contributed by atoms with E-state index in [1.165, 1.54) is 18.2 Å². The molecule has 0 bridgehead atoms. The number of ketones is 1. The van der Waals surface area contributed by atoms with E-state index in [1.807, 2.05) is 0 Å². The maximum atomic E-state index is 12.4. The van der Waals surface area contributed by atoms with Crippen LogP contribution in [0.2, 0.25) is 0 Å². The lowest BCUT2D eigenvalue weighted by Crippen LogP contribution is -2.11. The summed E-state index contributed by atoms with van der Waals surface area (Å²) in [5, 5.41) is 17.9. The number of aromatic carboxylic acids is 1. The van der Waals surface area contributed by atoms with Crippen LogP contribution in [0.4, 0.5) is 0 Å². The van der Waals surface area contributed by atoms with E-state index < -0.39 is 17.7 Å². The zero-order valence-electron chi connectivity index (χ0n) is 10.9. The van der Waals surface area contributed by atoms with Crippen LogP contribution in [0.3, 0.4) is 0 Å². The first-order valence-electron chi connectivity index (χ1n) is 6.17. The van der Waals surface area contributed by atoms with Crippen molar-refractivity contribution in [3.8, 4) is 0 Å². The largest absolute Gasteiger partial charge is 0.481 e. The molecule has 2 N–H and O–H groups in total. The molecular formula is C16H12O5. The number of benzene rings is 2. The van der Waals surface area contributed by atoms with Crippen molar-refractivity contribution in [1.82, 2.24) is 0 Å².